The lowest BCUT2D eigenvalue weighted by molar-refractivity contribution is -0.105. The van der Waals surface area contributed by atoms with Gasteiger partial charge in [-0.1, -0.05) is 30.3 Å². The van der Waals surface area contributed by atoms with Crippen LogP contribution in [0.15, 0.2) is 30.3 Å². The SMILES string of the molecule is OCC(F)(F)C1CCCN1Cc1ccccc1. The van der Waals surface area contributed by atoms with Crippen LogP contribution in [0.4, 0.5) is 8.78 Å². The molecule has 1 heterocycles. The zero-order valence-corrected chi connectivity index (χ0v) is 9.65. The van der Waals surface area contributed by atoms with Crippen LogP contribution in [0.3, 0.4) is 0 Å². The van der Waals surface area contributed by atoms with Gasteiger partial charge in [-0.15, -0.1) is 0 Å². The Kier molecular flexibility index (Phi) is 3.74. The lowest BCUT2D eigenvalue weighted by Crippen LogP contribution is -2.45. The normalized spacial score (nSPS) is 21.9. The van der Waals surface area contributed by atoms with Crippen molar-refractivity contribution >= 4 is 0 Å². The molecule has 2 nitrogen and oxygen atoms in total. The molecule has 0 spiro atoms. The van der Waals surface area contributed by atoms with Gasteiger partial charge >= 0.3 is 0 Å². The van der Waals surface area contributed by atoms with Crippen molar-refractivity contribution in [3.8, 4) is 0 Å². The first-order chi connectivity index (χ1) is 8.13. The summed E-state index contributed by atoms with van der Waals surface area (Å²) in [5.41, 5.74) is 1.04. The molecule has 1 N–H and O–H groups in total. The smallest absolute Gasteiger partial charge is 0.285 e. The summed E-state index contributed by atoms with van der Waals surface area (Å²) in [6, 6.07) is 8.77. The van der Waals surface area contributed by atoms with Crippen molar-refractivity contribution in [1.29, 1.82) is 0 Å². The lowest BCUT2D eigenvalue weighted by Gasteiger charge is -2.30. The van der Waals surface area contributed by atoms with Gasteiger partial charge in [-0.2, -0.15) is 0 Å². The molecule has 1 unspecified atom stereocenters. The van der Waals surface area contributed by atoms with Crippen molar-refractivity contribution in [3.05, 3.63) is 35.9 Å². The molecule has 2 rings (SSSR count). The Bertz CT molecular complexity index is 356. The molecule has 94 valence electrons. The second-order valence-electron chi connectivity index (χ2n) is 4.53. The largest absolute Gasteiger partial charge is 0.390 e. The Morgan fingerprint density at radius 1 is 1.29 bits per heavy atom. The molecule has 1 fully saturated rings. The molecular weight excluding hydrogens is 224 g/mol. The zero-order valence-electron chi connectivity index (χ0n) is 9.65. The molecule has 1 aromatic carbocycles. The molecule has 0 amide bonds. The first-order valence-electron chi connectivity index (χ1n) is 5.90. The molecule has 0 saturated carbocycles. The van der Waals surface area contributed by atoms with Crippen LogP contribution < -0.4 is 0 Å². The Balaban J connectivity index is 2.06. The van der Waals surface area contributed by atoms with E-state index < -0.39 is 18.6 Å². The highest BCUT2D eigenvalue weighted by molar-refractivity contribution is 5.15. The van der Waals surface area contributed by atoms with Crippen molar-refractivity contribution in [2.24, 2.45) is 0 Å². The molecule has 0 bridgehead atoms. The van der Waals surface area contributed by atoms with E-state index in [2.05, 4.69) is 0 Å². The average molecular weight is 241 g/mol. The zero-order chi connectivity index (χ0) is 12.3. The molecule has 0 radical (unpaired) electrons. The molecule has 4 heteroatoms. The highest BCUT2D eigenvalue weighted by Gasteiger charge is 2.44. The average Bonchev–Trinajstić information content (AvgIpc) is 2.79. The number of aliphatic hydroxyl groups is 1. The van der Waals surface area contributed by atoms with Crippen molar-refractivity contribution in [2.45, 2.75) is 31.4 Å². The van der Waals surface area contributed by atoms with Gasteiger partial charge in [0.15, 0.2) is 0 Å². The predicted octanol–water partition coefficient (Wildman–Crippen LogP) is 2.28. The first-order valence-corrected chi connectivity index (χ1v) is 5.90. The summed E-state index contributed by atoms with van der Waals surface area (Å²) in [6.45, 7) is 0.138. The van der Waals surface area contributed by atoms with Crippen molar-refractivity contribution in [1.82, 2.24) is 4.90 Å². The standard InChI is InChI=1S/C13H17F2NO/c14-13(15,10-17)12-7-4-8-16(12)9-11-5-2-1-3-6-11/h1-3,5-6,12,17H,4,7-10H2. The summed E-state index contributed by atoms with van der Waals surface area (Å²) >= 11 is 0. The van der Waals surface area contributed by atoms with Crippen LogP contribution in [0.2, 0.25) is 0 Å². The summed E-state index contributed by atoms with van der Waals surface area (Å²) in [4.78, 5) is 1.77. The molecule has 1 aliphatic rings. The number of hydrogen-bond acceptors (Lipinski definition) is 2. The van der Waals surface area contributed by atoms with Gasteiger partial charge in [0.1, 0.15) is 6.61 Å². The van der Waals surface area contributed by atoms with Crippen LogP contribution in [-0.4, -0.2) is 35.1 Å². The summed E-state index contributed by atoms with van der Waals surface area (Å²) < 4.78 is 27.0. The minimum absolute atomic E-state index is 0.459. The second kappa shape index (κ2) is 5.10. The number of rotatable bonds is 4. The van der Waals surface area contributed by atoms with Gasteiger partial charge in [-0.25, -0.2) is 8.78 Å². The maximum Gasteiger partial charge on any atom is 0.285 e. The summed E-state index contributed by atoms with van der Waals surface area (Å²) in [6.07, 6.45) is 1.23. The number of likely N-dealkylation sites (tertiary alicyclic amines) is 1. The van der Waals surface area contributed by atoms with Crippen LogP contribution in [0.1, 0.15) is 18.4 Å². The van der Waals surface area contributed by atoms with Crippen molar-refractivity contribution < 1.29 is 13.9 Å². The van der Waals surface area contributed by atoms with E-state index in [-0.39, 0.29) is 0 Å². The molecule has 1 aromatic rings. The van der Waals surface area contributed by atoms with E-state index in [1.165, 1.54) is 0 Å². The molecule has 17 heavy (non-hydrogen) atoms. The fourth-order valence-electron chi connectivity index (χ4n) is 2.42. The molecule has 0 aliphatic carbocycles. The third-order valence-corrected chi connectivity index (χ3v) is 3.29. The summed E-state index contributed by atoms with van der Waals surface area (Å²) in [7, 11) is 0. The van der Waals surface area contributed by atoms with E-state index in [9.17, 15) is 8.78 Å². The van der Waals surface area contributed by atoms with Gasteiger partial charge in [0.2, 0.25) is 0 Å². The number of nitrogens with zero attached hydrogens (tertiary/aromatic N) is 1. The summed E-state index contributed by atoms with van der Waals surface area (Å²) in [5, 5.41) is 8.76. The van der Waals surface area contributed by atoms with Gasteiger partial charge in [-0.05, 0) is 24.9 Å². The van der Waals surface area contributed by atoms with E-state index in [1.807, 2.05) is 30.3 Å². The van der Waals surface area contributed by atoms with E-state index in [4.69, 9.17) is 5.11 Å². The van der Waals surface area contributed by atoms with E-state index >= 15 is 0 Å². The molecule has 1 aliphatic heterocycles. The topological polar surface area (TPSA) is 23.5 Å². The summed E-state index contributed by atoms with van der Waals surface area (Å²) in [5.74, 6) is -2.99. The van der Waals surface area contributed by atoms with Gasteiger partial charge in [0, 0.05) is 6.54 Å². The Morgan fingerprint density at radius 2 is 2.00 bits per heavy atom. The van der Waals surface area contributed by atoms with E-state index in [1.54, 1.807) is 4.90 Å². The second-order valence-corrected chi connectivity index (χ2v) is 4.53. The van der Waals surface area contributed by atoms with E-state index in [0.717, 1.165) is 12.0 Å². The fourth-order valence-corrected chi connectivity index (χ4v) is 2.42. The van der Waals surface area contributed by atoms with Gasteiger partial charge in [-0.3, -0.25) is 4.90 Å². The quantitative estimate of drug-likeness (QED) is 0.874. The van der Waals surface area contributed by atoms with Crippen LogP contribution in [0, 0.1) is 0 Å². The Hall–Kier alpha value is -1.00. The third-order valence-electron chi connectivity index (χ3n) is 3.29. The van der Waals surface area contributed by atoms with Crippen LogP contribution in [-0.2, 0) is 6.54 Å². The number of alkyl halides is 2. The van der Waals surface area contributed by atoms with Crippen molar-refractivity contribution in [2.75, 3.05) is 13.2 Å². The minimum atomic E-state index is -2.99. The number of halogens is 2. The monoisotopic (exact) mass is 241 g/mol. The predicted molar refractivity (Wildman–Crippen MR) is 61.9 cm³/mol. The lowest BCUT2D eigenvalue weighted by atomic mass is 10.1. The molecule has 1 saturated heterocycles. The highest BCUT2D eigenvalue weighted by atomic mass is 19.3. The Labute approximate surface area is 99.9 Å². The van der Waals surface area contributed by atoms with Crippen molar-refractivity contribution in [3.63, 3.8) is 0 Å². The van der Waals surface area contributed by atoms with Crippen LogP contribution in [0.5, 0.6) is 0 Å². The number of aliphatic hydroxyl groups excluding tert-OH is 1. The molecular formula is C13H17F2NO. The van der Waals surface area contributed by atoms with Gasteiger partial charge in [0.25, 0.3) is 5.92 Å². The van der Waals surface area contributed by atoms with Gasteiger partial charge in [0.05, 0.1) is 6.04 Å². The minimum Gasteiger partial charge on any atom is -0.390 e. The third kappa shape index (κ3) is 2.82. The molecule has 1 atom stereocenters. The highest BCUT2D eigenvalue weighted by Crippen LogP contribution is 2.32. The maximum absolute atomic E-state index is 13.5. The number of hydrogen-bond donors (Lipinski definition) is 1. The van der Waals surface area contributed by atoms with Gasteiger partial charge < -0.3 is 5.11 Å². The maximum atomic E-state index is 13.5. The van der Waals surface area contributed by atoms with E-state index in [0.29, 0.717) is 19.5 Å². The van der Waals surface area contributed by atoms with Crippen LogP contribution >= 0.6 is 0 Å². The number of benzene rings is 1. The Morgan fingerprint density at radius 3 is 2.65 bits per heavy atom. The van der Waals surface area contributed by atoms with Crippen LogP contribution in [0.25, 0.3) is 0 Å². The fraction of sp³-hybridized carbons (Fsp3) is 0.538. The first kappa shape index (κ1) is 12.5. The molecule has 0 aromatic heterocycles.